The molecule has 2 N–H and O–H groups in total. The van der Waals surface area contributed by atoms with E-state index in [4.69, 9.17) is 10.5 Å². The van der Waals surface area contributed by atoms with Gasteiger partial charge in [-0.15, -0.1) is 0 Å². The molecule has 0 atom stereocenters. The van der Waals surface area contributed by atoms with E-state index < -0.39 is 0 Å². The Morgan fingerprint density at radius 1 is 1.35 bits per heavy atom. The van der Waals surface area contributed by atoms with Crippen molar-refractivity contribution >= 4 is 11.6 Å². The van der Waals surface area contributed by atoms with E-state index in [1.807, 2.05) is 31.2 Å². The molecular weight excluding hydrogens is 216 g/mol. The number of rotatable bonds is 6. The molecule has 0 unspecified atom stereocenters. The summed E-state index contributed by atoms with van der Waals surface area (Å²) >= 11 is 0. The van der Waals surface area contributed by atoms with Crippen molar-refractivity contribution in [2.24, 2.45) is 5.73 Å². The topological polar surface area (TPSA) is 55.6 Å². The Kier molecular flexibility index (Phi) is 5.66. The summed E-state index contributed by atoms with van der Waals surface area (Å²) in [5.41, 5.74) is 7.46. The first-order chi connectivity index (χ1) is 8.19. The summed E-state index contributed by atoms with van der Waals surface area (Å²) < 4.78 is 5.16. The van der Waals surface area contributed by atoms with Crippen molar-refractivity contribution in [1.82, 2.24) is 0 Å². The second kappa shape index (κ2) is 7.04. The maximum absolute atomic E-state index is 11.8. The summed E-state index contributed by atoms with van der Waals surface area (Å²) in [7, 11) is 1.77. The fraction of sp³-hybridized carbons (Fsp3) is 0.462. The van der Waals surface area contributed by atoms with E-state index in [0.717, 1.165) is 11.3 Å². The molecule has 0 heterocycles. The molecule has 0 saturated carbocycles. The minimum Gasteiger partial charge on any atom is -0.381 e. The predicted molar refractivity (Wildman–Crippen MR) is 68.9 cm³/mol. The van der Waals surface area contributed by atoms with Gasteiger partial charge in [0.2, 0.25) is 5.91 Å². The fourth-order valence-electron chi connectivity index (χ4n) is 1.47. The van der Waals surface area contributed by atoms with Crippen LogP contribution in [0.1, 0.15) is 18.9 Å². The van der Waals surface area contributed by atoms with Gasteiger partial charge in [-0.25, -0.2) is 0 Å². The van der Waals surface area contributed by atoms with Crippen molar-refractivity contribution in [3.05, 3.63) is 29.8 Å². The van der Waals surface area contributed by atoms with Gasteiger partial charge in [0.05, 0.1) is 13.0 Å². The minimum absolute atomic E-state index is 0.0546. The molecule has 0 fully saturated rings. The molecule has 1 aromatic carbocycles. The molecule has 1 aromatic rings. The zero-order valence-electron chi connectivity index (χ0n) is 10.5. The second-order valence-corrected chi connectivity index (χ2v) is 3.77. The first-order valence-electron chi connectivity index (χ1n) is 5.82. The van der Waals surface area contributed by atoms with Crippen LogP contribution >= 0.6 is 0 Å². The van der Waals surface area contributed by atoms with Gasteiger partial charge in [-0.2, -0.15) is 0 Å². The molecule has 4 heteroatoms. The van der Waals surface area contributed by atoms with E-state index in [1.165, 1.54) is 0 Å². The van der Waals surface area contributed by atoms with Crippen molar-refractivity contribution < 1.29 is 9.53 Å². The van der Waals surface area contributed by atoms with Gasteiger partial charge in [0.15, 0.2) is 0 Å². The van der Waals surface area contributed by atoms with Gasteiger partial charge in [0.25, 0.3) is 0 Å². The number of carbonyl (C=O) groups is 1. The summed E-state index contributed by atoms with van der Waals surface area (Å²) in [6.45, 7) is 3.55. The Labute approximate surface area is 102 Å². The van der Waals surface area contributed by atoms with E-state index in [-0.39, 0.29) is 5.91 Å². The summed E-state index contributed by atoms with van der Waals surface area (Å²) in [4.78, 5) is 13.4. The van der Waals surface area contributed by atoms with E-state index in [0.29, 0.717) is 26.2 Å². The lowest BCUT2D eigenvalue weighted by Gasteiger charge is -2.17. The molecule has 0 spiro atoms. The van der Waals surface area contributed by atoms with Gasteiger partial charge in [-0.05, 0) is 24.6 Å². The zero-order valence-corrected chi connectivity index (χ0v) is 10.5. The number of benzene rings is 1. The number of hydrogen-bond acceptors (Lipinski definition) is 3. The molecule has 0 aliphatic heterocycles. The molecular formula is C13H20N2O2. The Hall–Kier alpha value is -1.39. The molecule has 17 heavy (non-hydrogen) atoms. The van der Waals surface area contributed by atoms with Gasteiger partial charge in [-0.1, -0.05) is 12.1 Å². The highest BCUT2D eigenvalue weighted by Crippen LogP contribution is 2.14. The van der Waals surface area contributed by atoms with Crippen molar-refractivity contribution in [3.8, 4) is 0 Å². The lowest BCUT2D eigenvalue weighted by Crippen LogP contribution is -2.27. The predicted octanol–water partition coefficient (Wildman–Crippen LogP) is 1.53. The normalized spacial score (nSPS) is 10.3. The Balaban J connectivity index is 2.55. The maximum Gasteiger partial charge on any atom is 0.229 e. The number of amides is 1. The van der Waals surface area contributed by atoms with Gasteiger partial charge >= 0.3 is 0 Å². The lowest BCUT2D eigenvalue weighted by molar-refractivity contribution is -0.119. The molecule has 1 rings (SSSR count). The van der Waals surface area contributed by atoms with Crippen molar-refractivity contribution in [3.63, 3.8) is 0 Å². The maximum atomic E-state index is 11.8. The molecule has 1 amide bonds. The average molecular weight is 236 g/mol. The van der Waals surface area contributed by atoms with E-state index in [9.17, 15) is 4.79 Å². The smallest absolute Gasteiger partial charge is 0.229 e. The minimum atomic E-state index is 0.0546. The highest BCUT2D eigenvalue weighted by Gasteiger charge is 2.10. The first-order valence-corrected chi connectivity index (χ1v) is 5.82. The Morgan fingerprint density at radius 3 is 2.53 bits per heavy atom. The van der Waals surface area contributed by atoms with Crippen LogP contribution in [-0.2, 0) is 16.1 Å². The van der Waals surface area contributed by atoms with Crippen LogP contribution < -0.4 is 10.6 Å². The molecule has 4 nitrogen and oxygen atoms in total. The molecule has 0 aliphatic carbocycles. The third-order valence-electron chi connectivity index (χ3n) is 2.60. The summed E-state index contributed by atoms with van der Waals surface area (Å²) in [5.74, 6) is 0.0546. The van der Waals surface area contributed by atoms with Crippen LogP contribution in [0.2, 0.25) is 0 Å². The van der Waals surface area contributed by atoms with E-state index >= 15 is 0 Å². The van der Waals surface area contributed by atoms with Gasteiger partial charge in [0, 0.05) is 25.9 Å². The third-order valence-corrected chi connectivity index (χ3v) is 2.60. The zero-order chi connectivity index (χ0) is 12.7. The molecule has 0 aliphatic rings. The monoisotopic (exact) mass is 236 g/mol. The van der Waals surface area contributed by atoms with Crippen molar-refractivity contribution in [2.75, 3.05) is 25.2 Å². The highest BCUT2D eigenvalue weighted by molar-refractivity contribution is 5.92. The summed E-state index contributed by atoms with van der Waals surface area (Å²) in [6.07, 6.45) is 0.406. The summed E-state index contributed by atoms with van der Waals surface area (Å²) in [5, 5.41) is 0. The van der Waals surface area contributed by atoms with Crippen LogP contribution in [0.3, 0.4) is 0 Å². The van der Waals surface area contributed by atoms with Crippen LogP contribution in [0, 0.1) is 0 Å². The number of nitrogens with two attached hydrogens (primary N) is 1. The SMILES string of the molecule is CCOCCC(=O)N(C)c1ccc(CN)cc1. The number of carbonyl (C=O) groups excluding carboxylic acids is 1. The number of anilines is 1. The molecule has 0 radical (unpaired) electrons. The largest absolute Gasteiger partial charge is 0.381 e. The number of hydrogen-bond donors (Lipinski definition) is 1. The van der Waals surface area contributed by atoms with Crippen LogP contribution in [0.5, 0.6) is 0 Å². The molecule has 94 valence electrons. The van der Waals surface area contributed by atoms with Crippen LogP contribution in [0.15, 0.2) is 24.3 Å². The van der Waals surface area contributed by atoms with Gasteiger partial charge < -0.3 is 15.4 Å². The number of nitrogens with zero attached hydrogens (tertiary/aromatic N) is 1. The standard InChI is InChI=1S/C13H20N2O2/c1-3-17-9-8-13(16)15(2)12-6-4-11(10-14)5-7-12/h4-7H,3,8-10,14H2,1-2H3. The quantitative estimate of drug-likeness (QED) is 0.762. The Bertz CT molecular complexity index is 349. The van der Waals surface area contributed by atoms with Crippen molar-refractivity contribution in [1.29, 1.82) is 0 Å². The van der Waals surface area contributed by atoms with Crippen LogP contribution in [-0.4, -0.2) is 26.2 Å². The molecule has 0 bridgehead atoms. The van der Waals surface area contributed by atoms with Crippen LogP contribution in [0.4, 0.5) is 5.69 Å². The number of ether oxygens (including phenoxy) is 1. The fourth-order valence-corrected chi connectivity index (χ4v) is 1.47. The molecule has 0 saturated heterocycles. The van der Waals surface area contributed by atoms with Gasteiger partial charge in [-0.3, -0.25) is 4.79 Å². The molecule has 0 aromatic heterocycles. The highest BCUT2D eigenvalue weighted by atomic mass is 16.5. The van der Waals surface area contributed by atoms with E-state index in [2.05, 4.69) is 0 Å². The van der Waals surface area contributed by atoms with Gasteiger partial charge in [0.1, 0.15) is 0 Å². The van der Waals surface area contributed by atoms with E-state index in [1.54, 1.807) is 11.9 Å². The second-order valence-electron chi connectivity index (χ2n) is 3.77. The first kappa shape index (κ1) is 13.7. The van der Waals surface area contributed by atoms with Crippen LogP contribution in [0.25, 0.3) is 0 Å². The lowest BCUT2D eigenvalue weighted by atomic mass is 10.2. The average Bonchev–Trinajstić information content (AvgIpc) is 2.38. The Morgan fingerprint density at radius 2 is 2.00 bits per heavy atom. The van der Waals surface area contributed by atoms with Crippen molar-refractivity contribution in [2.45, 2.75) is 19.9 Å². The third kappa shape index (κ3) is 4.17. The summed E-state index contributed by atoms with van der Waals surface area (Å²) in [6, 6.07) is 7.67.